The van der Waals surface area contributed by atoms with Crippen LogP contribution in [0.1, 0.15) is 20.7 Å². The number of carbonyl (C=O) groups is 2. The minimum Gasteiger partial charge on any atom is -0.398 e. The Bertz CT molecular complexity index is 715. The van der Waals surface area contributed by atoms with Crippen LogP contribution in [0.4, 0.5) is 11.4 Å². The fraction of sp³-hybridized carbons (Fsp3) is 0. The van der Waals surface area contributed by atoms with Gasteiger partial charge in [0, 0.05) is 18.1 Å². The van der Waals surface area contributed by atoms with Gasteiger partial charge in [0.25, 0.3) is 11.8 Å². The number of pyridine rings is 1. The number of nitrogens with two attached hydrogens (primary N) is 1. The maximum atomic E-state index is 12.4. The van der Waals surface area contributed by atoms with Crippen molar-refractivity contribution >= 4 is 39.1 Å². The van der Waals surface area contributed by atoms with E-state index in [0.29, 0.717) is 21.4 Å². The molecule has 2 amide bonds. The molecule has 2 heterocycles. The van der Waals surface area contributed by atoms with Crippen molar-refractivity contribution in [2.75, 3.05) is 10.6 Å². The average Bonchev–Trinajstić information content (AvgIpc) is 2.64. The maximum Gasteiger partial charge on any atom is 0.268 e. The first-order valence-corrected chi connectivity index (χ1v) is 6.27. The molecule has 0 bridgehead atoms. The summed E-state index contributed by atoms with van der Waals surface area (Å²) >= 11 is 3.28. The van der Waals surface area contributed by atoms with Crippen molar-refractivity contribution in [2.45, 2.75) is 0 Å². The Balaban J connectivity index is 2.19. The van der Waals surface area contributed by atoms with Gasteiger partial charge in [0.2, 0.25) is 0 Å². The second-order valence-corrected chi connectivity index (χ2v) is 4.90. The van der Waals surface area contributed by atoms with Crippen LogP contribution in [-0.4, -0.2) is 16.8 Å². The van der Waals surface area contributed by atoms with Crippen molar-refractivity contribution in [1.29, 1.82) is 0 Å². The highest BCUT2D eigenvalue weighted by atomic mass is 79.9. The first kappa shape index (κ1) is 11.9. The Labute approximate surface area is 117 Å². The number of fused-ring (bicyclic) bond motifs is 1. The van der Waals surface area contributed by atoms with Crippen molar-refractivity contribution in [3.8, 4) is 0 Å². The second-order valence-electron chi connectivity index (χ2n) is 4.04. The highest BCUT2D eigenvalue weighted by molar-refractivity contribution is 9.10. The molecule has 2 aromatic rings. The predicted octanol–water partition coefficient (Wildman–Crippen LogP) is 2.23. The lowest BCUT2D eigenvalue weighted by molar-refractivity contribution is 0.0926. The lowest BCUT2D eigenvalue weighted by Crippen LogP contribution is -2.29. The van der Waals surface area contributed by atoms with Crippen molar-refractivity contribution < 1.29 is 9.59 Å². The van der Waals surface area contributed by atoms with Gasteiger partial charge in [-0.1, -0.05) is 6.07 Å². The number of halogens is 1. The number of amides is 2. The third-order valence-electron chi connectivity index (χ3n) is 2.94. The third kappa shape index (κ3) is 1.64. The summed E-state index contributed by atoms with van der Waals surface area (Å²) in [5, 5.41) is 0. The fourth-order valence-corrected chi connectivity index (χ4v) is 2.51. The van der Waals surface area contributed by atoms with Gasteiger partial charge in [-0.25, -0.2) is 4.90 Å². The minimum atomic E-state index is -0.412. The molecule has 0 radical (unpaired) electrons. The van der Waals surface area contributed by atoms with Crippen LogP contribution < -0.4 is 10.6 Å². The number of hydrogen-bond donors (Lipinski definition) is 1. The summed E-state index contributed by atoms with van der Waals surface area (Å²) in [5.74, 6) is -0.788. The molecule has 0 spiro atoms. The van der Waals surface area contributed by atoms with Crippen LogP contribution in [0.15, 0.2) is 41.1 Å². The molecule has 0 saturated heterocycles. The van der Waals surface area contributed by atoms with Crippen LogP contribution >= 0.6 is 15.9 Å². The number of benzene rings is 1. The van der Waals surface area contributed by atoms with E-state index in [1.54, 1.807) is 24.3 Å². The predicted molar refractivity (Wildman–Crippen MR) is 73.9 cm³/mol. The van der Waals surface area contributed by atoms with Crippen molar-refractivity contribution in [1.82, 2.24) is 4.98 Å². The molecule has 1 aliphatic heterocycles. The highest BCUT2D eigenvalue weighted by Gasteiger charge is 2.38. The Kier molecular flexibility index (Phi) is 2.60. The summed E-state index contributed by atoms with van der Waals surface area (Å²) in [7, 11) is 0. The largest absolute Gasteiger partial charge is 0.398 e. The summed E-state index contributed by atoms with van der Waals surface area (Å²) < 4.78 is 0.572. The number of aromatic nitrogens is 1. The molecular weight excluding hydrogens is 310 g/mol. The van der Waals surface area contributed by atoms with Gasteiger partial charge in [0.05, 0.1) is 21.3 Å². The Hall–Kier alpha value is -2.21. The van der Waals surface area contributed by atoms with Gasteiger partial charge in [0.15, 0.2) is 0 Å². The first-order chi connectivity index (χ1) is 9.11. The number of hydrogen-bond acceptors (Lipinski definition) is 4. The SMILES string of the molecule is Nc1cccc2c1C(=O)N(c1ccncc1Br)C2=O. The lowest BCUT2D eigenvalue weighted by Gasteiger charge is -2.14. The molecule has 1 aromatic heterocycles. The van der Waals surface area contributed by atoms with Crippen molar-refractivity contribution in [3.05, 3.63) is 52.3 Å². The normalized spacial score (nSPS) is 13.8. The van der Waals surface area contributed by atoms with Gasteiger partial charge in [-0.3, -0.25) is 14.6 Å². The molecule has 19 heavy (non-hydrogen) atoms. The number of anilines is 2. The fourth-order valence-electron chi connectivity index (χ4n) is 2.08. The topological polar surface area (TPSA) is 76.3 Å². The van der Waals surface area contributed by atoms with Gasteiger partial charge in [-0.05, 0) is 34.1 Å². The molecule has 0 aliphatic carbocycles. The summed E-state index contributed by atoms with van der Waals surface area (Å²) in [5.41, 5.74) is 7.13. The van der Waals surface area contributed by atoms with E-state index in [0.717, 1.165) is 4.90 Å². The maximum absolute atomic E-state index is 12.4. The quantitative estimate of drug-likeness (QED) is 0.646. The van der Waals surface area contributed by atoms with Crippen molar-refractivity contribution in [3.63, 3.8) is 0 Å². The van der Waals surface area contributed by atoms with E-state index < -0.39 is 5.91 Å². The van der Waals surface area contributed by atoms with E-state index in [2.05, 4.69) is 20.9 Å². The Morgan fingerprint density at radius 3 is 2.63 bits per heavy atom. The van der Waals surface area contributed by atoms with E-state index in [9.17, 15) is 9.59 Å². The van der Waals surface area contributed by atoms with E-state index >= 15 is 0 Å². The molecule has 5 nitrogen and oxygen atoms in total. The number of rotatable bonds is 1. The van der Waals surface area contributed by atoms with Crippen LogP contribution in [0.2, 0.25) is 0 Å². The molecule has 94 valence electrons. The molecule has 0 saturated carbocycles. The third-order valence-corrected chi connectivity index (χ3v) is 3.55. The van der Waals surface area contributed by atoms with Gasteiger partial charge in [-0.2, -0.15) is 0 Å². The Morgan fingerprint density at radius 2 is 1.95 bits per heavy atom. The molecule has 0 unspecified atom stereocenters. The summed E-state index contributed by atoms with van der Waals surface area (Å²) in [6.45, 7) is 0. The van der Waals surface area contributed by atoms with Crippen LogP contribution in [0.3, 0.4) is 0 Å². The lowest BCUT2D eigenvalue weighted by atomic mass is 10.1. The molecule has 6 heteroatoms. The zero-order valence-electron chi connectivity index (χ0n) is 9.63. The van der Waals surface area contributed by atoms with Crippen molar-refractivity contribution in [2.24, 2.45) is 0 Å². The van der Waals surface area contributed by atoms with E-state index in [-0.39, 0.29) is 11.5 Å². The molecular formula is C13H8BrN3O2. The number of carbonyl (C=O) groups excluding carboxylic acids is 2. The van der Waals surface area contributed by atoms with Gasteiger partial charge in [0.1, 0.15) is 0 Å². The van der Waals surface area contributed by atoms with Gasteiger partial charge in [-0.15, -0.1) is 0 Å². The molecule has 3 rings (SSSR count). The minimum absolute atomic E-state index is 0.260. The number of imide groups is 1. The zero-order chi connectivity index (χ0) is 13.6. The average molecular weight is 318 g/mol. The van der Waals surface area contributed by atoms with E-state index in [1.807, 2.05) is 0 Å². The zero-order valence-corrected chi connectivity index (χ0v) is 11.2. The molecule has 2 N–H and O–H groups in total. The Morgan fingerprint density at radius 1 is 1.16 bits per heavy atom. The van der Waals surface area contributed by atoms with E-state index in [4.69, 9.17) is 5.73 Å². The van der Waals surface area contributed by atoms with Gasteiger partial charge >= 0.3 is 0 Å². The standard InChI is InChI=1S/C13H8BrN3O2/c14-8-6-16-5-4-10(8)17-12(18)7-2-1-3-9(15)11(7)13(17)19/h1-6H,15H2. The monoisotopic (exact) mass is 317 g/mol. The molecule has 1 aromatic carbocycles. The van der Waals surface area contributed by atoms with Crippen LogP contribution in [0, 0.1) is 0 Å². The van der Waals surface area contributed by atoms with Crippen LogP contribution in [0.5, 0.6) is 0 Å². The summed E-state index contributed by atoms with van der Waals surface area (Å²) in [4.78, 5) is 29.7. The molecule has 1 aliphatic rings. The first-order valence-electron chi connectivity index (χ1n) is 5.48. The highest BCUT2D eigenvalue weighted by Crippen LogP contribution is 2.34. The van der Waals surface area contributed by atoms with Crippen LogP contribution in [-0.2, 0) is 0 Å². The molecule has 0 fully saturated rings. The number of nitrogens with zero attached hydrogens (tertiary/aromatic N) is 2. The van der Waals surface area contributed by atoms with Gasteiger partial charge < -0.3 is 5.73 Å². The number of nitrogen functional groups attached to an aromatic ring is 1. The molecule has 0 atom stereocenters. The summed E-state index contributed by atoms with van der Waals surface area (Å²) in [6.07, 6.45) is 3.05. The van der Waals surface area contributed by atoms with E-state index in [1.165, 1.54) is 12.4 Å². The second kappa shape index (κ2) is 4.17. The smallest absolute Gasteiger partial charge is 0.268 e. The van der Waals surface area contributed by atoms with Crippen LogP contribution in [0.25, 0.3) is 0 Å². The summed E-state index contributed by atoms with van der Waals surface area (Å²) in [6, 6.07) is 6.46.